The van der Waals surface area contributed by atoms with Crippen LogP contribution in [0.3, 0.4) is 0 Å². The summed E-state index contributed by atoms with van der Waals surface area (Å²) in [5.41, 5.74) is 34.1. The average Bonchev–Trinajstić information content (AvgIpc) is 1.61. The van der Waals surface area contributed by atoms with Gasteiger partial charge in [-0.15, -0.1) is 0 Å². The van der Waals surface area contributed by atoms with Crippen LogP contribution in [0.2, 0.25) is 0 Å². The fourth-order valence-electron chi connectivity index (χ4n) is 17.4. The third kappa shape index (κ3) is 12.1. The highest BCUT2D eigenvalue weighted by atomic mass is 15.0. The minimum atomic E-state index is 0.663. The standard InChI is InChI=1S/2C55H35N3/c56-36-37-20-22-39(23-21-37)43-13-9-15-47(33-43)58-53-19-7-5-17-49(53)51-35-45(29-31-55(51)58)41-26-24-40(25-27-41)44-28-30-54-50(34-44)48-16-4-6-18-52(48)57(54)46-14-8-12-42(32-46)38-10-2-1-3-11-38;56-36-37-17-19-40(20-18-37)43-11-8-12-47(33-43)58-53-16-7-5-14-49(53)51-35-45(28-32-55(51)58)42-23-21-41(22-24-42)44-27-31-54-50(34-44)48-13-4-6-15-52(48)57(54)46-29-25-39(26-30-46)38-9-2-1-3-10-38/h2*1-35H. The molecule has 116 heavy (non-hydrogen) atoms. The molecule has 0 N–H and O–H groups in total. The van der Waals surface area contributed by atoms with Gasteiger partial charge < -0.3 is 18.3 Å². The Bertz CT molecular complexity index is 7660. The summed E-state index contributed by atoms with van der Waals surface area (Å²) in [5, 5.41) is 28.4. The first-order valence-corrected chi connectivity index (χ1v) is 39.3. The van der Waals surface area contributed by atoms with Crippen LogP contribution in [0.25, 0.3) is 199 Å². The number of nitrogens with zero attached hydrogens (tertiary/aromatic N) is 6. The summed E-state index contributed by atoms with van der Waals surface area (Å²) in [6.45, 7) is 0. The molecule has 0 amide bonds. The molecule has 6 heteroatoms. The average molecular weight is 1480 g/mol. The second-order valence-electron chi connectivity index (χ2n) is 29.8. The number of benzene rings is 18. The first kappa shape index (κ1) is 68.2. The Morgan fingerprint density at radius 2 is 0.336 bits per heavy atom. The number of hydrogen-bond donors (Lipinski definition) is 0. The van der Waals surface area contributed by atoms with Crippen molar-refractivity contribution >= 4 is 87.2 Å². The Labute approximate surface area is 671 Å². The maximum atomic E-state index is 9.29. The fourth-order valence-corrected chi connectivity index (χ4v) is 17.4. The Hall–Kier alpha value is -15.9. The SMILES string of the molecule is N#Cc1ccc(-c2cccc(-n3c4ccccc4c4cc(-c5ccc(-c6ccc7c(c6)c6ccccc6n7-c6ccc(-c7ccccc7)cc6)cc5)ccc43)c2)cc1.N#Cc1ccc(-c2cccc(-n3c4ccccc4c4cc(-c5ccc(-c6ccc7c(c6)c6ccccc6n7-c6cccc(-c7ccccc7)c6)cc5)ccc43)c2)cc1. The first-order chi connectivity index (χ1) is 57.4. The van der Waals surface area contributed by atoms with Crippen molar-refractivity contribution in [2.24, 2.45) is 0 Å². The van der Waals surface area contributed by atoms with Crippen molar-refractivity contribution in [3.05, 3.63) is 436 Å². The summed E-state index contributed by atoms with van der Waals surface area (Å²) in [4.78, 5) is 0. The molecule has 4 heterocycles. The third-order valence-corrected chi connectivity index (χ3v) is 23.1. The second kappa shape index (κ2) is 28.8. The highest BCUT2D eigenvalue weighted by Gasteiger charge is 2.21. The van der Waals surface area contributed by atoms with Gasteiger partial charge in [0.15, 0.2) is 0 Å². The first-order valence-electron chi connectivity index (χ1n) is 39.3. The molecular weight excluding hydrogens is 1410 g/mol. The summed E-state index contributed by atoms with van der Waals surface area (Å²) < 4.78 is 9.49. The van der Waals surface area contributed by atoms with Crippen LogP contribution in [0.5, 0.6) is 0 Å². The highest BCUT2D eigenvalue weighted by molar-refractivity contribution is 6.14. The lowest BCUT2D eigenvalue weighted by Crippen LogP contribution is -1.94. The zero-order chi connectivity index (χ0) is 77.2. The van der Waals surface area contributed by atoms with Crippen LogP contribution in [0.4, 0.5) is 0 Å². The Kier molecular flexibility index (Phi) is 16.9. The summed E-state index contributed by atoms with van der Waals surface area (Å²) >= 11 is 0. The van der Waals surface area contributed by atoms with Crippen molar-refractivity contribution in [3.63, 3.8) is 0 Å². The predicted octanol–water partition coefficient (Wildman–Crippen LogP) is 28.8. The predicted molar refractivity (Wildman–Crippen MR) is 483 cm³/mol. The number of fused-ring (bicyclic) bond motifs is 12. The molecule has 0 spiro atoms. The van der Waals surface area contributed by atoms with E-state index in [1.807, 2.05) is 48.5 Å². The molecule has 0 bridgehead atoms. The minimum absolute atomic E-state index is 0.663. The maximum Gasteiger partial charge on any atom is 0.0991 e. The Morgan fingerprint density at radius 1 is 0.138 bits per heavy atom. The van der Waals surface area contributed by atoms with Crippen LogP contribution >= 0.6 is 0 Å². The molecule has 0 unspecified atom stereocenters. The van der Waals surface area contributed by atoms with E-state index in [1.54, 1.807) is 0 Å². The molecule has 22 aromatic rings. The molecule has 0 aliphatic heterocycles. The van der Waals surface area contributed by atoms with Crippen LogP contribution in [0, 0.1) is 22.7 Å². The number of rotatable bonds is 12. The Balaban J connectivity index is 0.000000145. The van der Waals surface area contributed by atoms with Crippen molar-refractivity contribution in [1.29, 1.82) is 10.5 Å². The molecule has 0 aliphatic rings. The second-order valence-corrected chi connectivity index (χ2v) is 29.8. The van der Waals surface area contributed by atoms with E-state index in [4.69, 9.17) is 0 Å². The maximum absolute atomic E-state index is 9.29. The number of hydrogen-bond acceptors (Lipinski definition) is 2. The molecule has 540 valence electrons. The summed E-state index contributed by atoms with van der Waals surface area (Å²) in [5.74, 6) is 0. The summed E-state index contributed by atoms with van der Waals surface area (Å²) in [6.07, 6.45) is 0. The van der Waals surface area contributed by atoms with E-state index >= 15 is 0 Å². The van der Waals surface area contributed by atoms with Gasteiger partial charge in [-0.2, -0.15) is 10.5 Å². The quantitative estimate of drug-likeness (QED) is 0.122. The van der Waals surface area contributed by atoms with E-state index < -0.39 is 0 Å². The van der Waals surface area contributed by atoms with E-state index in [0.29, 0.717) is 11.1 Å². The third-order valence-electron chi connectivity index (χ3n) is 23.1. The van der Waals surface area contributed by atoms with Gasteiger partial charge in [-0.1, -0.05) is 279 Å². The lowest BCUT2D eigenvalue weighted by Gasteiger charge is -2.11. The van der Waals surface area contributed by atoms with Crippen molar-refractivity contribution in [2.75, 3.05) is 0 Å². The van der Waals surface area contributed by atoms with E-state index in [0.717, 1.165) is 56.0 Å². The zero-order valence-electron chi connectivity index (χ0n) is 63.1. The molecule has 0 radical (unpaired) electrons. The van der Waals surface area contributed by atoms with Gasteiger partial charge in [0, 0.05) is 65.8 Å². The molecule has 6 nitrogen and oxygen atoms in total. The molecule has 0 fully saturated rings. The van der Waals surface area contributed by atoms with E-state index in [1.165, 1.54) is 143 Å². The topological polar surface area (TPSA) is 67.3 Å². The molecule has 4 aromatic heterocycles. The number of nitriles is 2. The lowest BCUT2D eigenvalue weighted by molar-refractivity contribution is 1.18. The molecule has 0 saturated heterocycles. The van der Waals surface area contributed by atoms with Crippen molar-refractivity contribution in [1.82, 2.24) is 18.3 Å². The van der Waals surface area contributed by atoms with Crippen LogP contribution in [0.1, 0.15) is 11.1 Å². The summed E-state index contributed by atoms with van der Waals surface area (Å²) in [7, 11) is 0. The van der Waals surface area contributed by atoms with Crippen LogP contribution in [-0.4, -0.2) is 18.3 Å². The van der Waals surface area contributed by atoms with Gasteiger partial charge >= 0.3 is 0 Å². The molecule has 0 aliphatic carbocycles. The zero-order valence-corrected chi connectivity index (χ0v) is 63.1. The van der Waals surface area contributed by atoms with E-state index in [9.17, 15) is 10.5 Å². The van der Waals surface area contributed by atoms with Crippen LogP contribution in [0.15, 0.2) is 425 Å². The fraction of sp³-hybridized carbons (Fsp3) is 0. The van der Waals surface area contributed by atoms with Gasteiger partial charge in [0.2, 0.25) is 0 Å². The van der Waals surface area contributed by atoms with Gasteiger partial charge in [-0.3, -0.25) is 0 Å². The van der Waals surface area contributed by atoms with Gasteiger partial charge in [0.1, 0.15) is 0 Å². The highest BCUT2D eigenvalue weighted by Crippen LogP contribution is 2.43. The van der Waals surface area contributed by atoms with Gasteiger partial charge in [-0.25, -0.2) is 0 Å². The molecule has 18 aromatic carbocycles. The van der Waals surface area contributed by atoms with Crippen molar-refractivity contribution < 1.29 is 0 Å². The minimum Gasteiger partial charge on any atom is -0.309 e. The van der Waals surface area contributed by atoms with Gasteiger partial charge in [0.05, 0.1) is 67.4 Å². The van der Waals surface area contributed by atoms with Gasteiger partial charge in [0.25, 0.3) is 0 Å². The lowest BCUT2D eigenvalue weighted by atomic mass is 9.98. The van der Waals surface area contributed by atoms with Crippen molar-refractivity contribution in [3.8, 4) is 124 Å². The Morgan fingerprint density at radius 3 is 0.629 bits per heavy atom. The van der Waals surface area contributed by atoms with E-state index in [2.05, 4.69) is 407 Å². The monoisotopic (exact) mass is 1470 g/mol. The van der Waals surface area contributed by atoms with Crippen molar-refractivity contribution in [2.45, 2.75) is 0 Å². The molecular formula is C110H70N6. The number of para-hydroxylation sites is 4. The van der Waals surface area contributed by atoms with Gasteiger partial charge in [-0.05, 0) is 235 Å². The normalized spacial score (nSPS) is 11.4. The summed E-state index contributed by atoms with van der Waals surface area (Å²) in [6, 6.07) is 156. The van der Waals surface area contributed by atoms with E-state index in [-0.39, 0.29) is 0 Å². The molecule has 0 saturated carbocycles. The molecule has 22 rings (SSSR count). The van der Waals surface area contributed by atoms with Crippen LogP contribution in [-0.2, 0) is 0 Å². The number of aromatic nitrogens is 4. The molecule has 0 atom stereocenters. The van der Waals surface area contributed by atoms with Crippen LogP contribution < -0.4 is 0 Å². The smallest absolute Gasteiger partial charge is 0.0991 e. The largest absolute Gasteiger partial charge is 0.309 e.